The molecule has 1 aliphatic rings. The van der Waals surface area contributed by atoms with Crippen molar-refractivity contribution < 1.29 is 4.79 Å². The second kappa shape index (κ2) is 5.04. The van der Waals surface area contributed by atoms with Crippen LogP contribution in [0.1, 0.15) is 12.0 Å². The van der Waals surface area contributed by atoms with Gasteiger partial charge < -0.3 is 10.6 Å². The average molecular weight is 261 g/mol. The molecule has 0 saturated carbocycles. The molecule has 1 heterocycles. The van der Waals surface area contributed by atoms with Gasteiger partial charge >= 0.3 is 0 Å². The quantitative estimate of drug-likeness (QED) is 0.841. The molecule has 1 unspecified atom stereocenters. The second-order valence-electron chi connectivity index (χ2n) is 3.90. The molecule has 1 aromatic rings. The minimum absolute atomic E-state index is 0. The predicted octanol–water partition coefficient (Wildman–Crippen LogP) is 2.13. The summed E-state index contributed by atoms with van der Waals surface area (Å²) in [6, 6.07) is 5.57. The average Bonchev–Trinajstić information content (AvgIpc) is 2.50. The van der Waals surface area contributed by atoms with Crippen LogP contribution in [0.15, 0.2) is 18.2 Å². The van der Waals surface area contributed by atoms with Crippen molar-refractivity contribution >= 4 is 35.6 Å². The van der Waals surface area contributed by atoms with E-state index < -0.39 is 0 Å². The van der Waals surface area contributed by atoms with Gasteiger partial charge in [0, 0.05) is 29.7 Å². The molecule has 3 nitrogen and oxygen atoms in total. The van der Waals surface area contributed by atoms with Crippen molar-refractivity contribution in [3.63, 3.8) is 0 Å². The number of rotatable bonds is 1. The zero-order valence-corrected chi connectivity index (χ0v) is 10.5. The van der Waals surface area contributed by atoms with Gasteiger partial charge in [-0.05, 0) is 24.6 Å². The van der Waals surface area contributed by atoms with Crippen molar-refractivity contribution in [2.45, 2.75) is 19.4 Å². The lowest BCUT2D eigenvalue weighted by molar-refractivity contribution is -0.117. The highest BCUT2D eigenvalue weighted by molar-refractivity contribution is 6.31. The molecule has 16 heavy (non-hydrogen) atoms. The van der Waals surface area contributed by atoms with Gasteiger partial charge in [0.25, 0.3) is 0 Å². The molecule has 0 aromatic heterocycles. The van der Waals surface area contributed by atoms with E-state index in [2.05, 4.69) is 0 Å². The Balaban J connectivity index is 0.00000128. The summed E-state index contributed by atoms with van der Waals surface area (Å²) < 4.78 is 0. The Hall–Kier alpha value is -0.770. The van der Waals surface area contributed by atoms with Gasteiger partial charge in [-0.15, -0.1) is 12.4 Å². The van der Waals surface area contributed by atoms with Gasteiger partial charge in [-0.3, -0.25) is 4.79 Å². The van der Waals surface area contributed by atoms with E-state index in [1.165, 1.54) is 0 Å². The maximum absolute atomic E-state index is 11.6. The first-order valence-electron chi connectivity index (χ1n) is 4.90. The fourth-order valence-corrected chi connectivity index (χ4v) is 1.91. The number of nitrogens with zero attached hydrogens (tertiary/aromatic N) is 1. The van der Waals surface area contributed by atoms with E-state index in [4.69, 9.17) is 17.3 Å². The van der Waals surface area contributed by atoms with E-state index >= 15 is 0 Å². The number of carbonyl (C=O) groups excluding carboxylic acids is 1. The number of benzene rings is 1. The number of carbonyl (C=O) groups is 1. The van der Waals surface area contributed by atoms with Crippen molar-refractivity contribution in [2.24, 2.45) is 5.73 Å². The van der Waals surface area contributed by atoms with Crippen LogP contribution in [0.3, 0.4) is 0 Å². The first-order chi connectivity index (χ1) is 7.08. The van der Waals surface area contributed by atoms with Crippen molar-refractivity contribution in [1.82, 2.24) is 0 Å². The minimum Gasteiger partial charge on any atom is -0.326 e. The molecule has 0 radical (unpaired) electrons. The lowest BCUT2D eigenvalue weighted by atomic mass is 10.2. The highest BCUT2D eigenvalue weighted by Crippen LogP contribution is 2.26. The first kappa shape index (κ1) is 13.3. The third-order valence-electron chi connectivity index (χ3n) is 2.62. The molecule has 1 aromatic carbocycles. The summed E-state index contributed by atoms with van der Waals surface area (Å²) in [6.45, 7) is 2.52. The third-order valence-corrected chi connectivity index (χ3v) is 3.03. The summed E-state index contributed by atoms with van der Waals surface area (Å²) in [4.78, 5) is 13.3. The van der Waals surface area contributed by atoms with Crippen molar-refractivity contribution in [2.75, 3.05) is 11.4 Å². The number of aryl methyl sites for hydroxylation is 1. The summed E-state index contributed by atoms with van der Waals surface area (Å²) in [5.74, 6) is 0.0717. The highest BCUT2D eigenvalue weighted by atomic mass is 35.5. The van der Waals surface area contributed by atoms with E-state index in [1.807, 2.05) is 25.1 Å². The molecule has 2 N–H and O–H groups in total. The molecular formula is C11H14Cl2N2O. The Bertz CT molecular complexity index is 409. The van der Waals surface area contributed by atoms with Crippen LogP contribution < -0.4 is 10.6 Å². The van der Waals surface area contributed by atoms with Gasteiger partial charge in [0.05, 0.1) is 0 Å². The number of anilines is 1. The molecular weight excluding hydrogens is 247 g/mol. The van der Waals surface area contributed by atoms with Crippen molar-refractivity contribution in [3.8, 4) is 0 Å². The normalized spacial score (nSPS) is 19.8. The summed E-state index contributed by atoms with van der Waals surface area (Å²) in [6.07, 6.45) is 0.422. The minimum atomic E-state index is -0.0578. The zero-order valence-electron chi connectivity index (χ0n) is 8.94. The van der Waals surface area contributed by atoms with Crippen molar-refractivity contribution in [3.05, 3.63) is 28.8 Å². The van der Waals surface area contributed by atoms with Crippen LogP contribution in [0.25, 0.3) is 0 Å². The van der Waals surface area contributed by atoms with E-state index in [-0.39, 0.29) is 24.4 Å². The van der Waals surface area contributed by atoms with E-state index in [1.54, 1.807) is 4.90 Å². The molecule has 2 rings (SSSR count). The van der Waals surface area contributed by atoms with E-state index in [0.717, 1.165) is 11.3 Å². The monoisotopic (exact) mass is 260 g/mol. The number of amides is 1. The molecule has 0 spiro atoms. The predicted molar refractivity (Wildman–Crippen MR) is 68.4 cm³/mol. The lowest BCUT2D eigenvalue weighted by Gasteiger charge is -2.16. The van der Waals surface area contributed by atoms with Crippen molar-refractivity contribution in [1.29, 1.82) is 0 Å². The van der Waals surface area contributed by atoms with Gasteiger partial charge in [0.1, 0.15) is 0 Å². The fourth-order valence-electron chi connectivity index (χ4n) is 1.73. The Morgan fingerprint density at radius 3 is 2.69 bits per heavy atom. The molecule has 5 heteroatoms. The number of hydrogen-bond acceptors (Lipinski definition) is 2. The van der Waals surface area contributed by atoms with Gasteiger partial charge in [-0.1, -0.05) is 17.7 Å². The molecule has 1 atom stereocenters. The Kier molecular flexibility index (Phi) is 4.19. The Labute approximate surface area is 106 Å². The molecule has 88 valence electrons. The molecule has 0 bridgehead atoms. The maximum Gasteiger partial charge on any atom is 0.228 e. The highest BCUT2D eigenvalue weighted by Gasteiger charge is 2.28. The topological polar surface area (TPSA) is 46.3 Å². The van der Waals surface area contributed by atoms with Crippen LogP contribution in [-0.4, -0.2) is 18.5 Å². The van der Waals surface area contributed by atoms with Gasteiger partial charge in [-0.2, -0.15) is 0 Å². The smallest absolute Gasteiger partial charge is 0.228 e. The van der Waals surface area contributed by atoms with Crippen LogP contribution in [0.4, 0.5) is 5.69 Å². The maximum atomic E-state index is 11.6. The fraction of sp³-hybridized carbons (Fsp3) is 0.364. The first-order valence-corrected chi connectivity index (χ1v) is 5.28. The Morgan fingerprint density at radius 2 is 2.19 bits per heavy atom. The number of halogens is 2. The second-order valence-corrected chi connectivity index (χ2v) is 4.31. The molecule has 1 saturated heterocycles. The standard InChI is InChI=1S/C11H13ClN2O.ClH/c1-7-2-3-9(5-10(7)12)14-6-8(13)4-11(14)15;/h2-3,5,8H,4,6,13H2,1H3;1H. The summed E-state index contributed by atoms with van der Waals surface area (Å²) in [5, 5.41) is 0.681. The van der Waals surface area contributed by atoms with Crippen LogP contribution in [-0.2, 0) is 4.79 Å². The molecule has 0 aliphatic carbocycles. The van der Waals surface area contributed by atoms with Gasteiger partial charge in [0.2, 0.25) is 5.91 Å². The van der Waals surface area contributed by atoms with Gasteiger partial charge in [-0.25, -0.2) is 0 Å². The number of hydrogen-bond donors (Lipinski definition) is 1. The van der Waals surface area contributed by atoms with E-state index in [0.29, 0.717) is 18.0 Å². The summed E-state index contributed by atoms with van der Waals surface area (Å²) in [5.41, 5.74) is 7.57. The molecule has 1 aliphatic heterocycles. The lowest BCUT2D eigenvalue weighted by Crippen LogP contribution is -2.27. The molecule has 1 amide bonds. The van der Waals surface area contributed by atoms with Crippen LogP contribution in [0.5, 0.6) is 0 Å². The summed E-state index contributed by atoms with van der Waals surface area (Å²) >= 11 is 6.01. The Morgan fingerprint density at radius 1 is 1.50 bits per heavy atom. The summed E-state index contributed by atoms with van der Waals surface area (Å²) in [7, 11) is 0. The zero-order chi connectivity index (χ0) is 11.0. The SMILES string of the molecule is Cc1ccc(N2CC(N)CC2=O)cc1Cl.Cl. The van der Waals surface area contributed by atoms with Crippen LogP contribution >= 0.6 is 24.0 Å². The third kappa shape index (κ3) is 2.48. The largest absolute Gasteiger partial charge is 0.326 e. The van der Waals surface area contributed by atoms with Crippen LogP contribution in [0.2, 0.25) is 5.02 Å². The van der Waals surface area contributed by atoms with Crippen LogP contribution in [0, 0.1) is 6.92 Å². The molecule has 1 fully saturated rings. The number of nitrogens with two attached hydrogens (primary N) is 1. The van der Waals surface area contributed by atoms with E-state index in [9.17, 15) is 4.79 Å². The van der Waals surface area contributed by atoms with Gasteiger partial charge in [0.15, 0.2) is 0 Å².